The predicted molar refractivity (Wildman–Crippen MR) is 76.9 cm³/mol. The summed E-state index contributed by atoms with van der Waals surface area (Å²) in [6.45, 7) is 2.05. The van der Waals surface area contributed by atoms with E-state index < -0.39 is 0 Å². The molecule has 18 heavy (non-hydrogen) atoms. The van der Waals surface area contributed by atoms with Crippen molar-refractivity contribution in [3.05, 3.63) is 40.9 Å². The van der Waals surface area contributed by atoms with Crippen LogP contribution in [0, 0.1) is 18.4 Å². The zero-order valence-corrected chi connectivity index (χ0v) is 11.9. The van der Waals surface area contributed by atoms with Crippen LogP contribution in [-0.2, 0) is 5.75 Å². The van der Waals surface area contributed by atoms with E-state index in [2.05, 4.69) is 23.3 Å². The Morgan fingerprint density at radius 1 is 1.39 bits per heavy atom. The average molecular weight is 275 g/mol. The van der Waals surface area contributed by atoms with Gasteiger partial charge in [-0.3, -0.25) is 4.90 Å². The number of nitrogens with zero attached hydrogens (tertiary/aromatic N) is 3. The third-order valence-corrected chi connectivity index (χ3v) is 4.55. The third kappa shape index (κ3) is 3.03. The van der Waals surface area contributed by atoms with Gasteiger partial charge in [0.2, 0.25) is 0 Å². The fourth-order valence-electron chi connectivity index (χ4n) is 1.40. The van der Waals surface area contributed by atoms with E-state index in [9.17, 15) is 0 Å². The number of anilines is 1. The second kappa shape index (κ2) is 5.89. The molecule has 5 heteroatoms. The summed E-state index contributed by atoms with van der Waals surface area (Å²) in [4.78, 5) is 8.40. The van der Waals surface area contributed by atoms with E-state index >= 15 is 0 Å². The first-order valence-corrected chi connectivity index (χ1v) is 7.28. The summed E-state index contributed by atoms with van der Waals surface area (Å²) in [5.41, 5.74) is 1.06. The molecule has 0 saturated heterocycles. The van der Waals surface area contributed by atoms with Gasteiger partial charge >= 0.3 is 0 Å². The highest BCUT2D eigenvalue weighted by atomic mass is 32.2. The van der Waals surface area contributed by atoms with Gasteiger partial charge in [0, 0.05) is 22.6 Å². The SMILES string of the molecule is Cc1sc(N(C)C#N)nc1CSc1ccccc1. The maximum absolute atomic E-state index is 8.83. The van der Waals surface area contributed by atoms with Crippen molar-refractivity contribution in [1.29, 1.82) is 5.26 Å². The van der Waals surface area contributed by atoms with Crippen LogP contribution < -0.4 is 4.90 Å². The molecule has 0 bridgehead atoms. The van der Waals surface area contributed by atoms with Crippen LogP contribution in [0.5, 0.6) is 0 Å². The molecular weight excluding hydrogens is 262 g/mol. The van der Waals surface area contributed by atoms with Gasteiger partial charge in [-0.1, -0.05) is 18.2 Å². The second-order valence-corrected chi connectivity index (χ2v) is 5.99. The molecule has 0 atom stereocenters. The number of aromatic nitrogens is 1. The van der Waals surface area contributed by atoms with E-state index in [0.717, 1.165) is 16.6 Å². The fraction of sp³-hybridized carbons (Fsp3) is 0.231. The molecule has 0 saturated carbocycles. The molecule has 2 rings (SSSR count). The Kier molecular flexibility index (Phi) is 4.24. The molecule has 0 aliphatic heterocycles. The summed E-state index contributed by atoms with van der Waals surface area (Å²) in [6.07, 6.45) is 2.07. The molecule has 0 amide bonds. The van der Waals surface area contributed by atoms with Gasteiger partial charge in [-0.15, -0.1) is 23.1 Å². The van der Waals surface area contributed by atoms with Crippen molar-refractivity contribution >= 4 is 28.2 Å². The number of thioether (sulfide) groups is 1. The van der Waals surface area contributed by atoms with Gasteiger partial charge in [0.05, 0.1) is 5.69 Å². The summed E-state index contributed by atoms with van der Waals surface area (Å²) in [6, 6.07) is 10.3. The Morgan fingerprint density at radius 2 is 2.11 bits per heavy atom. The topological polar surface area (TPSA) is 39.9 Å². The molecular formula is C13H13N3S2. The zero-order valence-electron chi connectivity index (χ0n) is 10.3. The maximum atomic E-state index is 8.83. The van der Waals surface area contributed by atoms with E-state index in [1.54, 1.807) is 30.1 Å². The minimum Gasteiger partial charge on any atom is -0.258 e. The summed E-state index contributed by atoms with van der Waals surface area (Å²) in [5.74, 6) is 0.839. The van der Waals surface area contributed by atoms with Crippen molar-refractivity contribution in [2.45, 2.75) is 17.6 Å². The lowest BCUT2D eigenvalue weighted by Gasteiger charge is -2.01. The molecule has 0 fully saturated rings. The lowest BCUT2D eigenvalue weighted by atomic mass is 10.4. The molecule has 2 aromatic rings. The summed E-state index contributed by atoms with van der Waals surface area (Å²) in [7, 11) is 1.73. The Balaban J connectivity index is 2.06. The molecule has 0 spiro atoms. The van der Waals surface area contributed by atoms with Gasteiger partial charge < -0.3 is 0 Å². The lowest BCUT2D eigenvalue weighted by Crippen LogP contribution is -2.07. The van der Waals surface area contributed by atoms with Gasteiger partial charge in [-0.2, -0.15) is 5.26 Å². The smallest absolute Gasteiger partial charge is 0.198 e. The van der Waals surface area contributed by atoms with Crippen molar-refractivity contribution in [3.63, 3.8) is 0 Å². The Hall–Kier alpha value is -1.51. The van der Waals surface area contributed by atoms with Crippen LogP contribution in [0.15, 0.2) is 35.2 Å². The standard InChI is InChI=1S/C13H13N3S2/c1-10-12(15-13(18-10)16(2)9-14)8-17-11-6-4-3-5-7-11/h3-7H,8H2,1-2H3. The zero-order chi connectivity index (χ0) is 13.0. The predicted octanol–water partition coefficient (Wildman–Crippen LogP) is 3.66. The first-order chi connectivity index (χ1) is 8.70. The number of thiazole rings is 1. The van der Waals surface area contributed by atoms with Crippen LogP contribution in [0.25, 0.3) is 0 Å². The van der Waals surface area contributed by atoms with E-state index in [-0.39, 0.29) is 0 Å². The Labute approximate surface area is 115 Å². The van der Waals surface area contributed by atoms with Crippen molar-refractivity contribution in [3.8, 4) is 6.19 Å². The van der Waals surface area contributed by atoms with Crippen LogP contribution >= 0.6 is 23.1 Å². The first kappa shape index (κ1) is 12.9. The minimum atomic E-state index is 0.763. The number of benzene rings is 1. The molecule has 1 heterocycles. The molecule has 1 aromatic carbocycles. The normalized spacial score (nSPS) is 10.1. The number of hydrogen-bond acceptors (Lipinski definition) is 5. The maximum Gasteiger partial charge on any atom is 0.198 e. The summed E-state index contributed by atoms with van der Waals surface area (Å²) < 4.78 is 0. The van der Waals surface area contributed by atoms with Crippen LogP contribution in [0.4, 0.5) is 5.13 Å². The lowest BCUT2D eigenvalue weighted by molar-refractivity contribution is 1.12. The number of nitriles is 1. The van der Waals surface area contributed by atoms with E-state index in [1.807, 2.05) is 25.1 Å². The largest absolute Gasteiger partial charge is 0.258 e. The van der Waals surface area contributed by atoms with Crippen molar-refractivity contribution < 1.29 is 0 Å². The van der Waals surface area contributed by atoms with Crippen LogP contribution in [-0.4, -0.2) is 12.0 Å². The molecule has 92 valence electrons. The van der Waals surface area contributed by atoms with Crippen molar-refractivity contribution in [1.82, 2.24) is 4.98 Å². The Morgan fingerprint density at radius 3 is 2.78 bits per heavy atom. The van der Waals surface area contributed by atoms with Gasteiger partial charge in [0.15, 0.2) is 11.3 Å². The Bertz CT molecular complexity index is 557. The number of rotatable bonds is 4. The van der Waals surface area contributed by atoms with E-state index in [0.29, 0.717) is 0 Å². The van der Waals surface area contributed by atoms with Gasteiger partial charge in [0.1, 0.15) is 0 Å². The van der Waals surface area contributed by atoms with Crippen molar-refractivity contribution in [2.24, 2.45) is 0 Å². The molecule has 0 aliphatic rings. The minimum absolute atomic E-state index is 0.763. The number of hydrogen-bond donors (Lipinski definition) is 0. The molecule has 0 N–H and O–H groups in total. The van der Waals surface area contributed by atoms with Crippen LogP contribution in [0.3, 0.4) is 0 Å². The van der Waals surface area contributed by atoms with Crippen LogP contribution in [0.1, 0.15) is 10.6 Å². The fourth-order valence-corrected chi connectivity index (χ4v) is 3.27. The van der Waals surface area contributed by atoms with E-state index in [4.69, 9.17) is 5.26 Å². The second-order valence-electron chi connectivity index (χ2n) is 3.76. The molecule has 0 radical (unpaired) electrons. The quantitative estimate of drug-likeness (QED) is 0.485. The molecule has 3 nitrogen and oxygen atoms in total. The van der Waals surface area contributed by atoms with Gasteiger partial charge in [0.25, 0.3) is 0 Å². The third-order valence-electron chi connectivity index (χ3n) is 2.44. The number of aryl methyl sites for hydroxylation is 1. The highest BCUT2D eigenvalue weighted by Gasteiger charge is 2.10. The highest BCUT2D eigenvalue weighted by molar-refractivity contribution is 7.98. The average Bonchev–Trinajstić information content (AvgIpc) is 2.78. The summed E-state index contributed by atoms with van der Waals surface area (Å²) in [5, 5.41) is 9.60. The molecule has 1 aromatic heterocycles. The molecule has 0 unspecified atom stereocenters. The highest BCUT2D eigenvalue weighted by Crippen LogP contribution is 2.29. The van der Waals surface area contributed by atoms with Crippen molar-refractivity contribution in [2.75, 3.05) is 11.9 Å². The monoisotopic (exact) mass is 275 g/mol. The van der Waals surface area contributed by atoms with Gasteiger partial charge in [-0.25, -0.2) is 4.98 Å². The van der Waals surface area contributed by atoms with Gasteiger partial charge in [-0.05, 0) is 19.1 Å². The molecule has 0 aliphatic carbocycles. The summed E-state index contributed by atoms with van der Waals surface area (Å²) >= 11 is 3.32. The van der Waals surface area contributed by atoms with Crippen LogP contribution in [0.2, 0.25) is 0 Å². The first-order valence-electron chi connectivity index (χ1n) is 5.48. The van der Waals surface area contributed by atoms with E-state index in [1.165, 1.54) is 14.7 Å².